The van der Waals surface area contributed by atoms with Gasteiger partial charge in [-0.1, -0.05) is 34.1 Å². The van der Waals surface area contributed by atoms with Gasteiger partial charge < -0.3 is 10.1 Å². The number of anilines is 1. The highest BCUT2D eigenvalue weighted by atomic mass is 79.9. The lowest BCUT2D eigenvalue weighted by Gasteiger charge is -2.19. The molecular weight excluding hydrogens is 316 g/mol. The van der Waals surface area contributed by atoms with Gasteiger partial charge in [-0.2, -0.15) is 0 Å². The van der Waals surface area contributed by atoms with Gasteiger partial charge in [0.15, 0.2) is 0 Å². The first-order valence-electron chi connectivity index (χ1n) is 6.70. The monoisotopic (exact) mass is 334 g/mol. The molecule has 3 nitrogen and oxygen atoms in total. The molecule has 1 unspecified atom stereocenters. The Morgan fingerprint density at radius 1 is 1.10 bits per heavy atom. The summed E-state index contributed by atoms with van der Waals surface area (Å²) in [5.74, 6) is 0.640. The molecule has 2 aromatic rings. The molecule has 0 aliphatic heterocycles. The summed E-state index contributed by atoms with van der Waals surface area (Å²) in [6, 6.07) is 12.2. The number of halogens is 1. The molecule has 0 saturated carbocycles. The zero-order valence-corrected chi connectivity index (χ0v) is 13.5. The molecule has 0 bridgehead atoms. The van der Waals surface area contributed by atoms with Crippen LogP contribution in [0.2, 0.25) is 0 Å². The fourth-order valence-corrected chi connectivity index (χ4v) is 2.58. The van der Waals surface area contributed by atoms with E-state index in [1.807, 2.05) is 44.2 Å². The zero-order chi connectivity index (χ0) is 14.5. The molecule has 1 N–H and O–H groups in total. The zero-order valence-electron chi connectivity index (χ0n) is 11.9. The molecule has 0 spiro atoms. The molecule has 0 aliphatic carbocycles. The SMILES string of the molecule is CC(C)Oc1ncccc1NC(C)c1ccccc1Br. The second-order valence-electron chi connectivity index (χ2n) is 4.91. The Hall–Kier alpha value is -1.55. The Morgan fingerprint density at radius 2 is 1.85 bits per heavy atom. The summed E-state index contributed by atoms with van der Waals surface area (Å²) in [7, 11) is 0. The van der Waals surface area contributed by atoms with Crippen molar-refractivity contribution in [2.45, 2.75) is 32.9 Å². The molecule has 0 radical (unpaired) electrons. The Labute approximate surface area is 128 Å². The summed E-state index contributed by atoms with van der Waals surface area (Å²) < 4.78 is 6.82. The first-order chi connectivity index (χ1) is 9.58. The minimum atomic E-state index is 0.101. The van der Waals surface area contributed by atoms with Crippen molar-refractivity contribution in [1.82, 2.24) is 4.98 Å². The van der Waals surface area contributed by atoms with E-state index in [1.165, 1.54) is 5.56 Å². The van der Waals surface area contributed by atoms with E-state index in [4.69, 9.17) is 4.74 Å². The van der Waals surface area contributed by atoms with Crippen molar-refractivity contribution in [2.24, 2.45) is 0 Å². The van der Waals surface area contributed by atoms with Crippen LogP contribution in [0.3, 0.4) is 0 Å². The Morgan fingerprint density at radius 3 is 2.55 bits per heavy atom. The van der Waals surface area contributed by atoms with E-state index in [0.29, 0.717) is 5.88 Å². The number of nitrogens with one attached hydrogen (secondary N) is 1. The fraction of sp³-hybridized carbons (Fsp3) is 0.312. The van der Waals surface area contributed by atoms with Crippen LogP contribution in [0.5, 0.6) is 5.88 Å². The summed E-state index contributed by atoms with van der Waals surface area (Å²) in [5, 5.41) is 3.46. The summed E-state index contributed by atoms with van der Waals surface area (Å²) in [6.07, 6.45) is 1.84. The van der Waals surface area contributed by atoms with Crippen LogP contribution in [0.1, 0.15) is 32.4 Å². The number of ether oxygens (including phenoxy) is 1. The van der Waals surface area contributed by atoms with E-state index in [1.54, 1.807) is 6.20 Å². The average Bonchev–Trinajstić information content (AvgIpc) is 2.41. The van der Waals surface area contributed by atoms with Crippen molar-refractivity contribution in [2.75, 3.05) is 5.32 Å². The Balaban J connectivity index is 2.20. The molecule has 0 fully saturated rings. The van der Waals surface area contributed by atoms with Crippen LogP contribution in [0, 0.1) is 0 Å². The van der Waals surface area contributed by atoms with Crippen molar-refractivity contribution in [1.29, 1.82) is 0 Å². The maximum absolute atomic E-state index is 5.73. The van der Waals surface area contributed by atoms with Gasteiger partial charge in [0.2, 0.25) is 5.88 Å². The lowest BCUT2D eigenvalue weighted by molar-refractivity contribution is 0.234. The van der Waals surface area contributed by atoms with Crippen LogP contribution >= 0.6 is 15.9 Å². The number of hydrogen-bond donors (Lipinski definition) is 1. The molecule has 20 heavy (non-hydrogen) atoms. The normalized spacial score (nSPS) is 12.2. The molecule has 1 heterocycles. The molecule has 0 amide bonds. The van der Waals surface area contributed by atoms with Crippen LogP contribution in [-0.2, 0) is 0 Å². The third-order valence-electron chi connectivity index (χ3n) is 2.86. The third-order valence-corrected chi connectivity index (χ3v) is 3.58. The van der Waals surface area contributed by atoms with Crippen molar-refractivity contribution in [3.8, 4) is 5.88 Å². The summed E-state index contributed by atoms with van der Waals surface area (Å²) in [6.45, 7) is 6.11. The van der Waals surface area contributed by atoms with Gasteiger partial charge in [0, 0.05) is 16.7 Å². The van der Waals surface area contributed by atoms with Crippen molar-refractivity contribution < 1.29 is 4.74 Å². The van der Waals surface area contributed by atoms with E-state index in [-0.39, 0.29) is 12.1 Å². The first kappa shape index (κ1) is 14.9. The maximum Gasteiger partial charge on any atom is 0.237 e. The van der Waals surface area contributed by atoms with Gasteiger partial charge in [-0.15, -0.1) is 0 Å². The van der Waals surface area contributed by atoms with Gasteiger partial charge in [0.1, 0.15) is 0 Å². The summed E-state index contributed by atoms with van der Waals surface area (Å²) in [5.41, 5.74) is 2.11. The number of pyridine rings is 1. The fourth-order valence-electron chi connectivity index (χ4n) is 1.96. The lowest BCUT2D eigenvalue weighted by Crippen LogP contribution is -2.12. The van der Waals surface area contributed by atoms with Gasteiger partial charge in [0.05, 0.1) is 11.8 Å². The molecule has 1 atom stereocenters. The molecular formula is C16H19BrN2O. The number of rotatable bonds is 5. The molecule has 2 rings (SSSR count). The molecule has 0 saturated heterocycles. The Kier molecular flexibility index (Phi) is 5.01. The predicted octanol–water partition coefficient (Wildman–Crippen LogP) is 4.80. The molecule has 1 aromatic heterocycles. The second-order valence-corrected chi connectivity index (χ2v) is 5.76. The van der Waals surface area contributed by atoms with E-state index in [9.17, 15) is 0 Å². The number of nitrogens with zero attached hydrogens (tertiary/aromatic N) is 1. The smallest absolute Gasteiger partial charge is 0.237 e. The minimum Gasteiger partial charge on any atom is -0.473 e. The van der Waals surface area contributed by atoms with Crippen LogP contribution in [-0.4, -0.2) is 11.1 Å². The van der Waals surface area contributed by atoms with E-state index in [0.717, 1.165) is 10.2 Å². The number of hydrogen-bond acceptors (Lipinski definition) is 3. The third kappa shape index (κ3) is 3.73. The van der Waals surface area contributed by atoms with Gasteiger partial charge >= 0.3 is 0 Å². The second kappa shape index (κ2) is 6.75. The molecule has 4 heteroatoms. The molecule has 1 aromatic carbocycles. The predicted molar refractivity (Wildman–Crippen MR) is 86.2 cm³/mol. The summed E-state index contributed by atoms with van der Waals surface area (Å²) >= 11 is 3.58. The van der Waals surface area contributed by atoms with Crippen LogP contribution in [0.25, 0.3) is 0 Å². The first-order valence-corrected chi connectivity index (χ1v) is 7.50. The highest BCUT2D eigenvalue weighted by Crippen LogP contribution is 2.29. The van der Waals surface area contributed by atoms with Crippen molar-refractivity contribution >= 4 is 21.6 Å². The van der Waals surface area contributed by atoms with E-state index < -0.39 is 0 Å². The van der Waals surface area contributed by atoms with Crippen molar-refractivity contribution in [3.05, 3.63) is 52.6 Å². The van der Waals surface area contributed by atoms with Gasteiger partial charge in [-0.3, -0.25) is 0 Å². The van der Waals surface area contributed by atoms with Crippen molar-refractivity contribution in [3.63, 3.8) is 0 Å². The highest BCUT2D eigenvalue weighted by Gasteiger charge is 2.12. The lowest BCUT2D eigenvalue weighted by atomic mass is 10.1. The topological polar surface area (TPSA) is 34.1 Å². The van der Waals surface area contributed by atoms with E-state index in [2.05, 4.69) is 39.2 Å². The van der Waals surface area contributed by atoms with Gasteiger partial charge in [-0.25, -0.2) is 4.98 Å². The standard InChI is InChI=1S/C16H19BrN2O/c1-11(2)20-16-15(9-6-10-18-16)19-12(3)13-7-4-5-8-14(13)17/h4-12,19H,1-3H3. The quantitative estimate of drug-likeness (QED) is 0.852. The maximum atomic E-state index is 5.73. The van der Waals surface area contributed by atoms with Crippen LogP contribution < -0.4 is 10.1 Å². The highest BCUT2D eigenvalue weighted by molar-refractivity contribution is 9.10. The number of benzene rings is 1. The van der Waals surface area contributed by atoms with Gasteiger partial charge in [0.25, 0.3) is 0 Å². The van der Waals surface area contributed by atoms with E-state index >= 15 is 0 Å². The molecule has 106 valence electrons. The number of aromatic nitrogens is 1. The van der Waals surface area contributed by atoms with Gasteiger partial charge in [-0.05, 0) is 44.5 Å². The minimum absolute atomic E-state index is 0.101. The summed E-state index contributed by atoms with van der Waals surface area (Å²) in [4.78, 5) is 4.29. The van der Waals surface area contributed by atoms with Crippen LogP contribution in [0.4, 0.5) is 5.69 Å². The molecule has 0 aliphatic rings. The average molecular weight is 335 g/mol. The Bertz CT molecular complexity index is 572. The van der Waals surface area contributed by atoms with Crippen LogP contribution in [0.15, 0.2) is 47.1 Å². The largest absolute Gasteiger partial charge is 0.473 e.